The summed E-state index contributed by atoms with van der Waals surface area (Å²) in [6, 6.07) is 5.47. The maximum absolute atomic E-state index is 12.9. The van der Waals surface area contributed by atoms with E-state index < -0.39 is 11.7 Å². The number of anilines is 1. The highest BCUT2D eigenvalue weighted by molar-refractivity contribution is 6.34. The summed E-state index contributed by atoms with van der Waals surface area (Å²) in [7, 11) is 0. The molecule has 0 saturated carbocycles. The minimum Gasteiger partial charge on any atom is -0.382 e. The van der Waals surface area contributed by atoms with Crippen molar-refractivity contribution >= 4 is 45.1 Å². The van der Waals surface area contributed by atoms with Crippen LogP contribution in [0.3, 0.4) is 0 Å². The molecule has 0 aliphatic heterocycles. The van der Waals surface area contributed by atoms with Gasteiger partial charge in [0.05, 0.1) is 35.2 Å². The summed E-state index contributed by atoms with van der Waals surface area (Å²) < 4.78 is 14.5. The highest BCUT2D eigenvalue weighted by Gasteiger charge is 2.15. The van der Waals surface area contributed by atoms with Crippen LogP contribution in [0.5, 0.6) is 0 Å². The summed E-state index contributed by atoms with van der Waals surface area (Å²) in [5.41, 5.74) is 8.79. The summed E-state index contributed by atoms with van der Waals surface area (Å²) in [6.07, 6.45) is 5.41. The highest BCUT2D eigenvalue weighted by Crippen LogP contribution is 2.34. The zero-order valence-electron chi connectivity index (χ0n) is 16.4. The first-order valence-corrected chi connectivity index (χ1v) is 9.89. The predicted molar refractivity (Wildman–Crippen MR) is 116 cm³/mol. The number of fused-ring (bicyclic) bond motifs is 3. The molecule has 5 aromatic rings. The molecular weight excluding hydrogens is 437 g/mol. The van der Waals surface area contributed by atoms with Crippen LogP contribution in [-0.2, 0) is 6.54 Å². The Hall–Kier alpha value is -4.12. The van der Waals surface area contributed by atoms with Crippen molar-refractivity contribution < 1.29 is 9.18 Å². The van der Waals surface area contributed by atoms with Gasteiger partial charge in [-0.3, -0.25) is 14.6 Å². The van der Waals surface area contributed by atoms with Crippen LogP contribution < -0.4 is 11.1 Å². The summed E-state index contributed by atoms with van der Waals surface area (Å²) in [5, 5.41) is 16.2. The molecule has 0 unspecified atom stereocenters. The van der Waals surface area contributed by atoms with E-state index in [0.29, 0.717) is 28.3 Å². The number of nitrogens with zero attached hydrogens (tertiary/aromatic N) is 6. The van der Waals surface area contributed by atoms with Gasteiger partial charge in [0.1, 0.15) is 5.52 Å². The highest BCUT2D eigenvalue weighted by atomic mass is 35.5. The van der Waals surface area contributed by atoms with Crippen molar-refractivity contribution in [1.29, 1.82) is 0 Å². The number of H-pyrrole nitrogens is 1. The molecule has 5 rings (SSSR count). The number of rotatable bonds is 5. The lowest BCUT2D eigenvalue weighted by atomic mass is 10.1. The fraction of sp³-hybridized carbons (Fsp3) is 0.100. The number of aromatic nitrogens is 7. The second-order valence-electron chi connectivity index (χ2n) is 6.94. The molecule has 0 radical (unpaired) electrons. The lowest BCUT2D eigenvalue weighted by molar-refractivity contribution is 0.0941. The van der Waals surface area contributed by atoms with Crippen LogP contribution in [0.4, 0.5) is 10.2 Å². The normalized spacial score (nSPS) is 11.3. The number of benzene rings is 1. The number of nitrogens with two attached hydrogens (primary N) is 1. The molecule has 1 amide bonds. The number of aromatic amines is 1. The number of nitrogens with one attached hydrogen (secondary N) is 2. The molecule has 32 heavy (non-hydrogen) atoms. The third-order valence-corrected chi connectivity index (χ3v) is 5.16. The van der Waals surface area contributed by atoms with E-state index in [1.165, 1.54) is 0 Å². The third-order valence-electron chi connectivity index (χ3n) is 4.85. The smallest absolute Gasteiger partial charge is 0.289 e. The number of hydrogen-bond donors (Lipinski definition) is 3. The van der Waals surface area contributed by atoms with E-state index in [0.717, 1.165) is 28.7 Å². The lowest BCUT2D eigenvalue weighted by Crippen LogP contribution is -2.28. The number of hydrogen-bond acceptors (Lipinski definition) is 7. The second-order valence-corrected chi connectivity index (χ2v) is 7.35. The van der Waals surface area contributed by atoms with Crippen molar-refractivity contribution in [3.05, 3.63) is 59.7 Å². The fourth-order valence-corrected chi connectivity index (χ4v) is 3.63. The summed E-state index contributed by atoms with van der Waals surface area (Å²) in [6.45, 7) is 0.616. The molecule has 1 aromatic carbocycles. The van der Waals surface area contributed by atoms with Crippen LogP contribution in [0.25, 0.3) is 33.1 Å². The van der Waals surface area contributed by atoms with E-state index in [1.807, 2.05) is 24.4 Å². The van der Waals surface area contributed by atoms with E-state index in [4.69, 9.17) is 17.3 Å². The van der Waals surface area contributed by atoms with Crippen molar-refractivity contribution in [3.8, 4) is 11.3 Å². The van der Waals surface area contributed by atoms with Crippen molar-refractivity contribution in [2.24, 2.45) is 0 Å². The average Bonchev–Trinajstić information content (AvgIpc) is 3.45. The molecule has 0 fully saturated rings. The maximum Gasteiger partial charge on any atom is 0.289 e. The van der Waals surface area contributed by atoms with Gasteiger partial charge in [0.25, 0.3) is 5.91 Å². The minimum absolute atomic E-state index is 0.112. The number of carbonyl (C=O) groups is 1. The number of carbonyl (C=O) groups excluding carboxylic acids is 1. The molecule has 160 valence electrons. The Morgan fingerprint density at radius 2 is 2.06 bits per heavy atom. The lowest BCUT2D eigenvalue weighted by Gasteiger charge is -2.06. The Morgan fingerprint density at radius 3 is 2.81 bits per heavy atom. The van der Waals surface area contributed by atoms with Crippen molar-refractivity contribution in [3.63, 3.8) is 0 Å². The van der Waals surface area contributed by atoms with Gasteiger partial charge < -0.3 is 11.1 Å². The summed E-state index contributed by atoms with van der Waals surface area (Å²) in [4.78, 5) is 23.9. The first kappa shape index (κ1) is 19.8. The number of nitrogen functional groups attached to an aromatic ring is 1. The molecule has 4 aromatic heterocycles. The standard InChI is InChI=1S/C20H15ClFN9O/c21-14-5-11-13-9-31(4-3-24-20(32)19-25-7-10(22)8-26-19)30-17(13)18(23)28-16(11)6-12(14)15-1-2-27-29-15/h1-2,5-9H,3-4H2,(H2,23,28)(H,24,32)(H,27,29). The molecule has 4 N–H and O–H groups in total. The Balaban J connectivity index is 1.41. The molecule has 10 nitrogen and oxygen atoms in total. The largest absolute Gasteiger partial charge is 0.382 e. The second kappa shape index (κ2) is 7.85. The van der Waals surface area contributed by atoms with Gasteiger partial charge in [0.2, 0.25) is 5.82 Å². The van der Waals surface area contributed by atoms with Gasteiger partial charge >= 0.3 is 0 Å². The van der Waals surface area contributed by atoms with Gasteiger partial charge in [-0.1, -0.05) is 11.6 Å². The zero-order chi connectivity index (χ0) is 22.2. The quantitative estimate of drug-likeness (QED) is 0.373. The molecule has 0 bridgehead atoms. The van der Waals surface area contributed by atoms with Gasteiger partial charge in [0, 0.05) is 35.3 Å². The Bertz CT molecular complexity index is 1450. The SMILES string of the molecule is Nc1nc2cc(-c3cc[nH]n3)c(Cl)cc2c2cn(CCNC(=O)c3ncc(F)cn3)nc12. The van der Waals surface area contributed by atoms with E-state index in [9.17, 15) is 9.18 Å². The maximum atomic E-state index is 12.9. The number of amides is 1. The Kier molecular flexibility index (Phi) is 4.86. The van der Waals surface area contributed by atoms with Gasteiger partial charge in [-0.25, -0.2) is 19.3 Å². The molecule has 0 aliphatic carbocycles. The zero-order valence-corrected chi connectivity index (χ0v) is 17.1. The van der Waals surface area contributed by atoms with Crippen LogP contribution in [0.1, 0.15) is 10.6 Å². The summed E-state index contributed by atoms with van der Waals surface area (Å²) >= 11 is 6.51. The monoisotopic (exact) mass is 451 g/mol. The Labute approximate surface area is 184 Å². The van der Waals surface area contributed by atoms with E-state index in [2.05, 4.69) is 35.6 Å². The van der Waals surface area contributed by atoms with E-state index in [1.54, 1.807) is 10.9 Å². The molecule has 0 spiro atoms. The number of pyridine rings is 1. The van der Waals surface area contributed by atoms with Gasteiger partial charge in [-0.2, -0.15) is 10.2 Å². The van der Waals surface area contributed by atoms with Gasteiger partial charge in [-0.15, -0.1) is 0 Å². The predicted octanol–water partition coefficient (Wildman–Crippen LogP) is 2.57. The molecule has 0 aliphatic rings. The minimum atomic E-state index is -0.611. The average molecular weight is 452 g/mol. The van der Waals surface area contributed by atoms with Crippen LogP contribution in [0, 0.1) is 5.82 Å². The van der Waals surface area contributed by atoms with Crippen molar-refractivity contribution in [2.45, 2.75) is 6.54 Å². The van der Waals surface area contributed by atoms with E-state index in [-0.39, 0.29) is 18.2 Å². The fourth-order valence-electron chi connectivity index (χ4n) is 3.37. The molecule has 4 heterocycles. The van der Waals surface area contributed by atoms with Crippen LogP contribution in [0.2, 0.25) is 5.02 Å². The van der Waals surface area contributed by atoms with Gasteiger partial charge in [-0.05, 0) is 18.2 Å². The number of halogens is 2. The van der Waals surface area contributed by atoms with E-state index >= 15 is 0 Å². The molecular formula is C20H15ClFN9O. The summed E-state index contributed by atoms with van der Waals surface area (Å²) in [5.74, 6) is -0.949. The topological polar surface area (TPSA) is 140 Å². The molecule has 0 atom stereocenters. The molecule has 0 saturated heterocycles. The first-order valence-electron chi connectivity index (χ1n) is 9.51. The Morgan fingerprint density at radius 1 is 1.25 bits per heavy atom. The first-order chi connectivity index (χ1) is 15.5. The molecule has 12 heteroatoms. The van der Waals surface area contributed by atoms with Gasteiger partial charge in [0.15, 0.2) is 11.6 Å². The van der Waals surface area contributed by atoms with Crippen LogP contribution in [-0.4, -0.2) is 47.4 Å². The van der Waals surface area contributed by atoms with Crippen LogP contribution in [0.15, 0.2) is 43.0 Å². The van der Waals surface area contributed by atoms with Crippen LogP contribution >= 0.6 is 11.6 Å². The van der Waals surface area contributed by atoms with Crippen molar-refractivity contribution in [1.82, 2.24) is 40.2 Å². The van der Waals surface area contributed by atoms with Crippen molar-refractivity contribution in [2.75, 3.05) is 12.3 Å². The third kappa shape index (κ3) is 3.58.